The van der Waals surface area contributed by atoms with Gasteiger partial charge in [-0.05, 0) is 31.0 Å². The fourth-order valence-electron chi connectivity index (χ4n) is 4.04. The molecule has 1 N–H and O–H groups in total. The zero-order valence-corrected chi connectivity index (χ0v) is 15.9. The van der Waals surface area contributed by atoms with E-state index in [-0.39, 0.29) is 18.0 Å². The number of nitrogens with one attached hydrogen (secondary N) is 1. The highest BCUT2D eigenvalue weighted by atomic mass is 16.2. The van der Waals surface area contributed by atoms with Gasteiger partial charge in [0.25, 0.3) is 5.56 Å². The molecule has 29 heavy (non-hydrogen) atoms. The van der Waals surface area contributed by atoms with Crippen LogP contribution in [-0.2, 0) is 11.3 Å². The average Bonchev–Trinajstić information content (AvgIpc) is 3.20. The van der Waals surface area contributed by atoms with E-state index in [2.05, 4.69) is 10.1 Å². The first kappa shape index (κ1) is 17.6. The molecule has 4 aromatic rings. The summed E-state index contributed by atoms with van der Waals surface area (Å²) in [5.41, 5.74) is 1.79. The molecule has 3 heterocycles. The van der Waals surface area contributed by atoms with Crippen LogP contribution in [0.15, 0.2) is 59.5 Å². The summed E-state index contributed by atoms with van der Waals surface area (Å²) in [6.45, 7) is 1.28. The van der Waals surface area contributed by atoms with Gasteiger partial charge in [0.05, 0.1) is 22.6 Å². The highest BCUT2D eigenvalue weighted by molar-refractivity contribution is 5.81. The molecule has 0 aliphatic carbocycles. The summed E-state index contributed by atoms with van der Waals surface area (Å²) in [5, 5.41) is 5.54. The third-order valence-electron chi connectivity index (χ3n) is 5.69. The van der Waals surface area contributed by atoms with E-state index in [9.17, 15) is 9.59 Å². The Bertz CT molecular complexity index is 1220. The lowest BCUT2D eigenvalue weighted by atomic mass is 9.96. The van der Waals surface area contributed by atoms with Crippen molar-refractivity contribution in [3.8, 4) is 0 Å². The normalized spacial score (nSPS) is 15.2. The molecule has 0 atom stereocenters. The summed E-state index contributed by atoms with van der Waals surface area (Å²) in [4.78, 5) is 35.3. The second-order valence-electron chi connectivity index (χ2n) is 7.49. The highest BCUT2D eigenvalue weighted by Gasteiger charge is 2.26. The number of amides is 1. The Labute approximate surface area is 167 Å². The maximum absolute atomic E-state index is 12.7. The van der Waals surface area contributed by atoms with Gasteiger partial charge in [-0.25, -0.2) is 9.67 Å². The molecule has 7 nitrogen and oxygen atoms in total. The number of aromatic nitrogens is 4. The lowest BCUT2D eigenvalue weighted by Crippen LogP contribution is -2.41. The van der Waals surface area contributed by atoms with Crippen LogP contribution in [0, 0.1) is 0 Å². The number of H-pyrrole nitrogens is 1. The molecule has 5 rings (SSSR count). The Hall–Kier alpha value is -3.48. The van der Waals surface area contributed by atoms with Gasteiger partial charge in [0.15, 0.2) is 0 Å². The number of nitrogens with zero attached hydrogens (tertiary/aromatic N) is 4. The van der Waals surface area contributed by atoms with E-state index in [1.807, 2.05) is 47.4 Å². The van der Waals surface area contributed by atoms with Crippen LogP contribution in [0.4, 0.5) is 0 Å². The number of likely N-dealkylation sites (tertiary alicyclic amines) is 1. The van der Waals surface area contributed by atoms with Crippen molar-refractivity contribution in [2.45, 2.75) is 25.3 Å². The number of rotatable bonds is 3. The quantitative estimate of drug-likeness (QED) is 0.586. The summed E-state index contributed by atoms with van der Waals surface area (Å²) in [7, 11) is 0. The molecule has 1 fully saturated rings. The minimum Gasteiger partial charge on any atom is -0.342 e. The van der Waals surface area contributed by atoms with Crippen LogP contribution in [0.25, 0.3) is 21.8 Å². The van der Waals surface area contributed by atoms with Crippen LogP contribution in [0.2, 0.25) is 0 Å². The molecule has 0 radical (unpaired) electrons. The van der Waals surface area contributed by atoms with E-state index < -0.39 is 0 Å². The summed E-state index contributed by atoms with van der Waals surface area (Å²) in [6, 6.07) is 15.3. The number of imidazole rings is 1. The predicted octanol–water partition coefficient (Wildman–Crippen LogP) is 2.68. The van der Waals surface area contributed by atoms with E-state index >= 15 is 0 Å². The SMILES string of the molecule is O=C(Cn1ncc2ccccc2c1=O)N1CCC(c2nc3ccccc3[nH]2)CC1. The highest BCUT2D eigenvalue weighted by Crippen LogP contribution is 2.27. The minimum atomic E-state index is -0.228. The van der Waals surface area contributed by atoms with Crippen LogP contribution >= 0.6 is 0 Å². The fraction of sp³-hybridized carbons (Fsp3) is 0.273. The first-order valence-corrected chi connectivity index (χ1v) is 9.86. The van der Waals surface area contributed by atoms with Crippen molar-refractivity contribution >= 4 is 27.7 Å². The van der Waals surface area contributed by atoms with E-state index in [1.54, 1.807) is 12.3 Å². The molecule has 1 amide bonds. The van der Waals surface area contributed by atoms with Crippen LogP contribution < -0.4 is 5.56 Å². The Balaban J connectivity index is 1.27. The first-order valence-electron chi connectivity index (χ1n) is 9.86. The number of para-hydroxylation sites is 2. The molecular weight excluding hydrogens is 366 g/mol. The Morgan fingerprint density at radius 1 is 1.07 bits per heavy atom. The van der Waals surface area contributed by atoms with Crippen molar-refractivity contribution in [3.63, 3.8) is 0 Å². The van der Waals surface area contributed by atoms with Crippen LogP contribution in [0.1, 0.15) is 24.6 Å². The van der Waals surface area contributed by atoms with Crippen molar-refractivity contribution in [2.75, 3.05) is 13.1 Å². The van der Waals surface area contributed by atoms with Gasteiger partial charge >= 0.3 is 0 Å². The van der Waals surface area contributed by atoms with E-state index in [1.165, 1.54) is 4.68 Å². The average molecular weight is 387 g/mol. The summed E-state index contributed by atoms with van der Waals surface area (Å²) in [5.74, 6) is 1.23. The summed E-state index contributed by atoms with van der Waals surface area (Å²) in [6.07, 6.45) is 3.34. The van der Waals surface area contributed by atoms with Crippen molar-refractivity contribution in [1.29, 1.82) is 0 Å². The van der Waals surface area contributed by atoms with Crippen molar-refractivity contribution in [1.82, 2.24) is 24.6 Å². The Kier molecular flexibility index (Phi) is 4.35. The van der Waals surface area contributed by atoms with Gasteiger partial charge in [0.1, 0.15) is 12.4 Å². The predicted molar refractivity (Wildman–Crippen MR) is 111 cm³/mol. The number of piperidine rings is 1. The zero-order chi connectivity index (χ0) is 19.8. The topological polar surface area (TPSA) is 83.9 Å². The molecule has 146 valence electrons. The largest absolute Gasteiger partial charge is 0.342 e. The molecule has 1 saturated heterocycles. The molecule has 0 bridgehead atoms. The zero-order valence-electron chi connectivity index (χ0n) is 15.9. The molecule has 2 aromatic heterocycles. The van der Waals surface area contributed by atoms with E-state index in [4.69, 9.17) is 4.98 Å². The van der Waals surface area contributed by atoms with Crippen LogP contribution in [0.3, 0.4) is 0 Å². The van der Waals surface area contributed by atoms with Crippen LogP contribution in [0.5, 0.6) is 0 Å². The third-order valence-corrected chi connectivity index (χ3v) is 5.69. The number of carbonyl (C=O) groups excluding carboxylic acids is 1. The van der Waals surface area contributed by atoms with Crippen molar-refractivity contribution < 1.29 is 4.79 Å². The lowest BCUT2D eigenvalue weighted by Gasteiger charge is -2.31. The first-order chi connectivity index (χ1) is 14.2. The molecule has 2 aromatic carbocycles. The van der Waals surface area contributed by atoms with Crippen molar-refractivity contribution in [3.05, 3.63) is 70.9 Å². The Morgan fingerprint density at radius 3 is 2.66 bits per heavy atom. The van der Waals surface area contributed by atoms with Crippen LogP contribution in [-0.4, -0.2) is 43.6 Å². The lowest BCUT2D eigenvalue weighted by molar-refractivity contribution is -0.133. The third kappa shape index (κ3) is 3.29. The minimum absolute atomic E-state index is 0.0288. The standard InChI is InChI=1S/C22H21N5O2/c28-20(14-27-22(29)17-6-2-1-5-16(17)13-23-27)26-11-9-15(10-12-26)21-24-18-7-3-4-8-19(18)25-21/h1-8,13,15H,9-12,14H2,(H,24,25). The van der Waals surface area contributed by atoms with E-state index in [0.29, 0.717) is 24.4 Å². The van der Waals surface area contributed by atoms with Gasteiger partial charge in [-0.1, -0.05) is 30.3 Å². The van der Waals surface area contributed by atoms with Gasteiger partial charge in [0, 0.05) is 24.4 Å². The maximum atomic E-state index is 12.7. The van der Waals surface area contributed by atoms with Gasteiger partial charge in [-0.15, -0.1) is 0 Å². The fourth-order valence-corrected chi connectivity index (χ4v) is 4.04. The number of aromatic amines is 1. The van der Waals surface area contributed by atoms with Gasteiger partial charge in [0.2, 0.25) is 5.91 Å². The van der Waals surface area contributed by atoms with Gasteiger partial charge in [-0.3, -0.25) is 9.59 Å². The number of fused-ring (bicyclic) bond motifs is 2. The Morgan fingerprint density at radius 2 is 1.83 bits per heavy atom. The number of carbonyl (C=O) groups is 1. The van der Waals surface area contributed by atoms with Crippen molar-refractivity contribution in [2.24, 2.45) is 0 Å². The summed E-state index contributed by atoms with van der Waals surface area (Å²) < 4.78 is 1.26. The van der Waals surface area contributed by atoms with E-state index in [0.717, 1.165) is 35.1 Å². The monoisotopic (exact) mass is 387 g/mol. The molecule has 1 aliphatic rings. The molecule has 1 aliphatic heterocycles. The number of hydrogen-bond acceptors (Lipinski definition) is 4. The molecule has 0 saturated carbocycles. The van der Waals surface area contributed by atoms with Gasteiger partial charge < -0.3 is 9.88 Å². The molecule has 0 unspecified atom stereocenters. The number of hydrogen-bond donors (Lipinski definition) is 1. The smallest absolute Gasteiger partial charge is 0.275 e. The maximum Gasteiger partial charge on any atom is 0.275 e. The number of benzene rings is 2. The summed E-state index contributed by atoms with van der Waals surface area (Å²) >= 11 is 0. The molecule has 0 spiro atoms. The van der Waals surface area contributed by atoms with Gasteiger partial charge in [-0.2, -0.15) is 5.10 Å². The molecule has 7 heteroatoms. The second kappa shape index (κ2) is 7.16. The molecular formula is C22H21N5O2. The second-order valence-corrected chi connectivity index (χ2v) is 7.49.